The van der Waals surface area contributed by atoms with Crippen molar-refractivity contribution in [2.45, 2.75) is 39.2 Å². The number of hydrogen-bond donors (Lipinski definition) is 3. The molecular formula is C20H36IN5O4S. The Morgan fingerprint density at radius 3 is 2.58 bits per heavy atom. The van der Waals surface area contributed by atoms with Crippen LogP contribution in [0.15, 0.2) is 21.7 Å². The number of furan rings is 1. The van der Waals surface area contributed by atoms with Crippen molar-refractivity contribution in [2.24, 2.45) is 4.99 Å². The molecule has 0 spiro atoms. The molecule has 1 fully saturated rings. The average molecular weight is 570 g/mol. The Bertz CT molecular complexity index is 804. The van der Waals surface area contributed by atoms with Crippen molar-refractivity contribution in [1.82, 2.24) is 20.9 Å². The molecule has 0 saturated carbocycles. The number of halogens is 1. The van der Waals surface area contributed by atoms with Crippen molar-refractivity contribution in [3.8, 4) is 0 Å². The van der Waals surface area contributed by atoms with Crippen LogP contribution in [0.25, 0.3) is 0 Å². The number of aliphatic imine (C=N–C) groups is 1. The summed E-state index contributed by atoms with van der Waals surface area (Å²) in [7, 11) is -2.92. The van der Waals surface area contributed by atoms with Gasteiger partial charge in [-0.25, -0.2) is 8.42 Å². The third-order valence-corrected chi connectivity index (χ3v) is 5.93. The number of carbonyl (C=O) groups excluding carboxylic acids is 1. The molecule has 1 aromatic rings. The van der Waals surface area contributed by atoms with E-state index in [-0.39, 0.29) is 35.6 Å². The van der Waals surface area contributed by atoms with Gasteiger partial charge in [0.25, 0.3) is 5.91 Å². The minimum atomic E-state index is -2.92. The molecule has 0 unspecified atom stereocenters. The summed E-state index contributed by atoms with van der Waals surface area (Å²) in [5, 5.41) is 9.58. The lowest BCUT2D eigenvalue weighted by molar-refractivity contribution is 0.0925. The van der Waals surface area contributed by atoms with Gasteiger partial charge in [-0.2, -0.15) is 0 Å². The maximum atomic E-state index is 12.0. The summed E-state index contributed by atoms with van der Waals surface area (Å²) >= 11 is 0. The number of likely N-dealkylation sites (tertiary alicyclic amines) is 1. The van der Waals surface area contributed by atoms with Crippen molar-refractivity contribution >= 4 is 45.7 Å². The maximum absolute atomic E-state index is 12.0. The van der Waals surface area contributed by atoms with Crippen LogP contribution in [0.3, 0.4) is 0 Å². The summed E-state index contributed by atoms with van der Waals surface area (Å²) in [5.74, 6) is 1.15. The first kappa shape index (κ1) is 27.7. The molecule has 31 heavy (non-hydrogen) atoms. The van der Waals surface area contributed by atoms with E-state index >= 15 is 0 Å². The highest BCUT2D eigenvalue weighted by Gasteiger charge is 2.20. The molecular weight excluding hydrogens is 533 g/mol. The number of guanidine groups is 1. The zero-order chi connectivity index (χ0) is 22.0. The van der Waals surface area contributed by atoms with Crippen LogP contribution >= 0.6 is 24.0 Å². The van der Waals surface area contributed by atoms with E-state index in [1.807, 2.05) is 13.8 Å². The molecule has 1 aliphatic rings. The van der Waals surface area contributed by atoms with Crippen LogP contribution in [0.2, 0.25) is 0 Å². The third kappa shape index (κ3) is 10.7. The van der Waals surface area contributed by atoms with Crippen molar-refractivity contribution in [1.29, 1.82) is 0 Å². The molecule has 1 aliphatic heterocycles. The Morgan fingerprint density at radius 1 is 1.29 bits per heavy atom. The Balaban J connectivity index is 0.00000480. The lowest BCUT2D eigenvalue weighted by Crippen LogP contribution is -2.49. The number of sulfone groups is 1. The maximum Gasteiger partial charge on any atom is 0.287 e. The largest absolute Gasteiger partial charge is 0.459 e. The quantitative estimate of drug-likeness (QED) is 0.169. The molecule has 0 atom stereocenters. The second-order valence-electron chi connectivity index (χ2n) is 7.69. The van der Waals surface area contributed by atoms with E-state index in [1.54, 1.807) is 6.07 Å². The van der Waals surface area contributed by atoms with Gasteiger partial charge in [0.15, 0.2) is 11.7 Å². The Hall–Kier alpha value is -1.34. The van der Waals surface area contributed by atoms with E-state index in [1.165, 1.54) is 12.5 Å². The summed E-state index contributed by atoms with van der Waals surface area (Å²) < 4.78 is 27.8. The highest BCUT2D eigenvalue weighted by atomic mass is 127. The fourth-order valence-corrected chi connectivity index (χ4v) is 3.86. The number of hydrogen-bond acceptors (Lipinski definition) is 6. The molecule has 2 heterocycles. The summed E-state index contributed by atoms with van der Waals surface area (Å²) in [6, 6.07) is 2.09. The van der Waals surface area contributed by atoms with Crippen LogP contribution < -0.4 is 16.0 Å². The first-order chi connectivity index (χ1) is 14.3. The number of carbonyl (C=O) groups is 1. The summed E-state index contributed by atoms with van der Waals surface area (Å²) in [6.45, 7) is 8.12. The van der Waals surface area contributed by atoms with E-state index in [0.717, 1.165) is 50.4 Å². The Labute approximate surface area is 202 Å². The fourth-order valence-electron chi connectivity index (χ4n) is 3.27. The Morgan fingerprint density at radius 2 is 2.00 bits per heavy atom. The van der Waals surface area contributed by atoms with Crippen molar-refractivity contribution in [3.05, 3.63) is 23.7 Å². The summed E-state index contributed by atoms with van der Waals surface area (Å²) in [6.07, 6.45) is 5.43. The van der Waals surface area contributed by atoms with Gasteiger partial charge in [-0.15, -0.1) is 24.0 Å². The minimum absolute atomic E-state index is 0. The second-order valence-corrected chi connectivity index (χ2v) is 9.95. The minimum Gasteiger partial charge on any atom is -0.459 e. The first-order valence-electron chi connectivity index (χ1n) is 10.6. The summed E-state index contributed by atoms with van der Waals surface area (Å²) in [4.78, 5) is 18.8. The molecule has 178 valence electrons. The van der Waals surface area contributed by atoms with E-state index in [9.17, 15) is 13.2 Å². The normalized spacial score (nSPS) is 15.9. The lowest BCUT2D eigenvalue weighted by atomic mass is 10.1. The van der Waals surface area contributed by atoms with Gasteiger partial charge in [-0.1, -0.05) is 0 Å². The topological polar surface area (TPSA) is 116 Å². The molecule has 3 N–H and O–H groups in total. The second kappa shape index (κ2) is 13.9. The van der Waals surface area contributed by atoms with Gasteiger partial charge < -0.3 is 25.3 Å². The Kier molecular flexibility index (Phi) is 12.5. The van der Waals surface area contributed by atoms with Crippen LogP contribution in [-0.4, -0.2) is 82.5 Å². The number of amides is 1. The highest BCUT2D eigenvalue weighted by molar-refractivity contribution is 14.0. The standard InChI is InChI=1S/C20H35N5O4S.HI/c1-4-21-20(23-10-5-9-22-19(26)18-16(2)8-14-29-18)24-17-6-11-25(12-7-17)13-15-30(3,27)28;/h8,14,17H,4-7,9-13,15H2,1-3H3,(H,22,26)(H2,21,23,24);1H. The van der Waals surface area contributed by atoms with Crippen LogP contribution in [0.5, 0.6) is 0 Å². The molecule has 0 aliphatic carbocycles. The molecule has 0 aromatic carbocycles. The van der Waals surface area contributed by atoms with Crippen molar-refractivity contribution in [2.75, 3.05) is 51.3 Å². The highest BCUT2D eigenvalue weighted by Crippen LogP contribution is 2.10. The molecule has 1 amide bonds. The van der Waals surface area contributed by atoms with Crippen molar-refractivity contribution in [3.63, 3.8) is 0 Å². The van der Waals surface area contributed by atoms with E-state index in [4.69, 9.17) is 4.42 Å². The number of piperidine rings is 1. The molecule has 11 heteroatoms. The van der Waals surface area contributed by atoms with Gasteiger partial charge in [-0.3, -0.25) is 9.79 Å². The van der Waals surface area contributed by atoms with E-state index in [2.05, 4.69) is 25.8 Å². The smallest absolute Gasteiger partial charge is 0.287 e. The third-order valence-electron chi connectivity index (χ3n) is 5.01. The number of nitrogens with one attached hydrogen (secondary N) is 3. The SMILES string of the molecule is CCNC(=NCCCNC(=O)c1occc1C)NC1CCN(CCS(C)(=O)=O)CC1.I. The number of aryl methyl sites for hydroxylation is 1. The zero-order valence-electron chi connectivity index (χ0n) is 18.6. The predicted molar refractivity (Wildman–Crippen MR) is 134 cm³/mol. The average Bonchev–Trinajstić information content (AvgIpc) is 3.12. The number of nitrogens with zero attached hydrogens (tertiary/aromatic N) is 2. The van der Waals surface area contributed by atoms with Gasteiger partial charge in [0.1, 0.15) is 9.84 Å². The molecule has 2 rings (SSSR count). The van der Waals surface area contributed by atoms with Crippen LogP contribution in [0, 0.1) is 6.92 Å². The van der Waals surface area contributed by atoms with Gasteiger partial charge in [-0.05, 0) is 39.2 Å². The summed E-state index contributed by atoms with van der Waals surface area (Å²) in [5.41, 5.74) is 0.825. The van der Waals surface area contributed by atoms with E-state index in [0.29, 0.717) is 31.4 Å². The van der Waals surface area contributed by atoms with Gasteiger partial charge >= 0.3 is 0 Å². The lowest BCUT2D eigenvalue weighted by Gasteiger charge is -2.32. The molecule has 9 nitrogen and oxygen atoms in total. The van der Waals surface area contributed by atoms with Gasteiger partial charge in [0, 0.05) is 57.1 Å². The number of rotatable bonds is 10. The predicted octanol–water partition coefficient (Wildman–Crippen LogP) is 1.39. The first-order valence-corrected chi connectivity index (χ1v) is 12.6. The molecule has 0 bridgehead atoms. The van der Waals surface area contributed by atoms with Gasteiger partial charge in [0.2, 0.25) is 0 Å². The van der Waals surface area contributed by atoms with Crippen LogP contribution in [0.1, 0.15) is 42.3 Å². The van der Waals surface area contributed by atoms with Gasteiger partial charge in [0.05, 0.1) is 12.0 Å². The fraction of sp³-hybridized carbons (Fsp3) is 0.700. The van der Waals surface area contributed by atoms with Crippen LogP contribution in [0.4, 0.5) is 0 Å². The molecule has 0 radical (unpaired) electrons. The van der Waals surface area contributed by atoms with Crippen molar-refractivity contribution < 1.29 is 17.6 Å². The molecule has 1 aromatic heterocycles. The monoisotopic (exact) mass is 569 g/mol. The van der Waals surface area contributed by atoms with E-state index < -0.39 is 9.84 Å². The molecule has 1 saturated heterocycles. The zero-order valence-corrected chi connectivity index (χ0v) is 21.8. The van der Waals surface area contributed by atoms with Crippen LogP contribution in [-0.2, 0) is 9.84 Å².